The lowest BCUT2D eigenvalue weighted by Crippen LogP contribution is -2.43. The number of aromatic nitrogens is 9. The Kier molecular flexibility index (Phi) is 39.3. The number of nitrogens with one attached hydrogen (secondary N) is 5. The average Bonchev–Trinajstić information content (AvgIpc) is 3.83. The van der Waals surface area contributed by atoms with Crippen LogP contribution in [-0.4, -0.2) is 97.6 Å². The van der Waals surface area contributed by atoms with Gasteiger partial charge in [0.2, 0.25) is 11.9 Å². The first-order chi connectivity index (χ1) is 27.3. The van der Waals surface area contributed by atoms with Crippen LogP contribution in [0.3, 0.4) is 0 Å². The number of amides is 1. The molecule has 0 aliphatic heterocycles. The van der Waals surface area contributed by atoms with E-state index in [0.29, 0.717) is 30.9 Å². The summed E-state index contributed by atoms with van der Waals surface area (Å²) in [7, 11) is 3.61. The van der Waals surface area contributed by atoms with Crippen LogP contribution in [0.15, 0.2) is 37.4 Å². The van der Waals surface area contributed by atoms with Gasteiger partial charge in [-0.1, -0.05) is 104 Å². The van der Waals surface area contributed by atoms with E-state index in [0.717, 1.165) is 16.4 Å². The highest BCUT2D eigenvalue weighted by atomic mass is 32.1. The third kappa shape index (κ3) is 61.0. The maximum atomic E-state index is 11.3. The van der Waals surface area contributed by atoms with Crippen LogP contribution in [0.5, 0.6) is 0 Å². The molecule has 60 heavy (non-hydrogen) atoms. The number of hydrogen-bond acceptors (Lipinski definition) is 12. The molecule has 0 atom stereocenters. The highest BCUT2D eigenvalue weighted by Gasteiger charge is 2.13. The molecule has 0 radical (unpaired) electrons. The first-order valence-electron chi connectivity index (χ1n) is 20.9. The molecule has 0 unspecified atom stereocenters. The molecule has 17 heteroatoms. The highest BCUT2D eigenvalue weighted by Crippen LogP contribution is 2.10. The lowest BCUT2D eigenvalue weighted by Gasteiger charge is -2.21. The van der Waals surface area contributed by atoms with E-state index >= 15 is 0 Å². The molecule has 0 spiro atoms. The zero-order chi connectivity index (χ0) is 48.2. The van der Waals surface area contributed by atoms with Crippen LogP contribution in [0.1, 0.15) is 165 Å². The Bertz CT molecular complexity index is 1400. The second kappa shape index (κ2) is 36.0. The molecular formula is C43H90N14OS2. The summed E-state index contributed by atoms with van der Waals surface area (Å²) in [5.74, 6) is 0.622. The monoisotopic (exact) mass is 883 g/mol. The summed E-state index contributed by atoms with van der Waals surface area (Å²) in [4.78, 5) is 24.6. The summed E-state index contributed by atoms with van der Waals surface area (Å²) in [6, 6.07) is 0. The second-order valence-corrected chi connectivity index (χ2v) is 19.7. The predicted octanol–water partition coefficient (Wildman–Crippen LogP) is 8.96. The van der Waals surface area contributed by atoms with E-state index in [9.17, 15) is 4.79 Å². The molecule has 0 saturated heterocycles. The highest BCUT2D eigenvalue weighted by molar-refractivity contribution is 7.80. The minimum atomic E-state index is -0.0301. The van der Waals surface area contributed by atoms with Crippen molar-refractivity contribution in [2.24, 2.45) is 12.5 Å². The summed E-state index contributed by atoms with van der Waals surface area (Å²) in [6.45, 7) is 44.8. The van der Waals surface area contributed by atoms with Crippen LogP contribution in [0.4, 0.5) is 5.95 Å². The van der Waals surface area contributed by atoms with Crippen molar-refractivity contribution in [1.82, 2.24) is 66.2 Å². The van der Waals surface area contributed by atoms with Crippen LogP contribution in [0.2, 0.25) is 0 Å². The van der Waals surface area contributed by atoms with Gasteiger partial charge in [0.05, 0.1) is 34.5 Å². The smallest absolute Gasteiger partial charge is 0.233 e. The number of carbonyl (C=O) groups is 1. The van der Waals surface area contributed by atoms with Crippen molar-refractivity contribution < 1.29 is 4.79 Å². The quantitative estimate of drug-likeness (QED) is 0.142. The fourth-order valence-corrected chi connectivity index (χ4v) is 3.24. The molecular weight excluding hydrogens is 793 g/mol. The van der Waals surface area contributed by atoms with E-state index in [1.54, 1.807) is 30.3 Å². The summed E-state index contributed by atoms with van der Waals surface area (Å²) in [5.41, 5.74) is 0.669. The van der Waals surface area contributed by atoms with Crippen molar-refractivity contribution in [3.63, 3.8) is 0 Å². The fourth-order valence-electron chi connectivity index (χ4n) is 2.83. The molecule has 3 aromatic rings. The summed E-state index contributed by atoms with van der Waals surface area (Å²) < 4.78 is 3.47. The number of anilines is 1. The molecule has 0 aliphatic carbocycles. The fraction of sp³-hybridized carbons (Fsp3) is 0.767. The van der Waals surface area contributed by atoms with Crippen molar-refractivity contribution in [3.8, 4) is 0 Å². The van der Waals surface area contributed by atoms with Crippen molar-refractivity contribution in [3.05, 3.63) is 37.4 Å². The lowest BCUT2D eigenvalue weighted by atomic mass is 10.0. The number of rotatable bonds is 7. The molecule has 0 saturated carbocycles. The van der Waals surface area contributed by atoms with Gasteiger partial charge >= 0.3 is 0 Å². The molecule has 1 amide bonds. The van der Waals surface area contributed by atoms with Gasteiger partial charge in [-0.15, -0.1) is 10.2 Å². The molecule has 0 aromatic carbocycles. The van der Waals surface area contributed by atoms with Gasteiger partial charge in [-0.3, -0.25) is 9.48 Å². The summed E-state index contributed by atoms with van der Waals surface area (Å²) >= 11 is 9.95. The minimum absolute atomic E-state index is 0.00134. The second-order valence-electron chi connectivity index (χ2n) is 18.7. The van der Waals surface area contributed by atoms with E-state index in [4.69, 9.17) is 24.4 Å². The van der Waals surface area contributed by atoms with E-state index in [1.807, 2.05) is 52.5 Å². The molecule has 350 valence electrons. The molecule has 0 aliphatic rings. The third-order valence-electron chi connectivity index (χ3n) is 5.20. The predicted molar refractivity (Wildman–Crippen MR) is 264 cm³/mol. The standard InChI is InChI=1S/C10H21N3OS.C7H12N4.C7H15NS.C6H11N3.C5H12.C3H5N3.C3H8.C2H6/c1-10(2,3)13-7-8(14)12-6-5-9(15)11-4;1-7(2,3)11-6-9-4-8-5-10-6;1-5-6(9)8-7(2,3)4;1-6(2,3)9-5-4-7-8-9;1-5(2,3)4;1-6-3-2-4-5-6;1-3-2;1-2/h13H,5-7H2,1-4H3,(H,11,15)(H,12,14);4-5H,1-3H3,(H,8,9,10,11);5H2,1-4H3,(H,8,9);4-5H,1-3H3;1-4H3;2-3H,1H3;3H2,1-2H3;1-2H3. The number of thiocarbonyl (C=S) groups is 2. The van der Waals surface area contributed by atoms with Gasteiger partial charge in [0.15, 0.2) is 0 Å². The number of carbonyl (C=O) groups excluding carboxylic acids is 1. The van der Waals surface area contributed by atoms with Gasteiger partial charge in [0.25, 0.3) is 0 Å². The zero-order valence-corrected chi connectivity index (χ0v) is 43.9. The summed E-state index contributed by atoms with van der Waals surface area (Å²) in [6.07, 6.45) is 12.8. The van der Waals surface area contributed by atoms with Crippen molar-refractivity contribution in [1.29, 1.82) is 0 Å². The van der Waals surface area contributed by atoms with Crippen molar-refractivity contribution in [2.75, 3.05) is 25.5 Å². The number of nitrogens with zero attached hydrogens (tertiary/aromatic N) is 9. The molecule has 3 aromatic heterocycles. The normalized spacial score (nSPS) is 10.5. The molecule has 0 fully saturated rings. The maximum Gasteiger partial charge on any atom is 0.233 e. The van der Waals surface area contributed by atoms with Gasteiger partial charge < -0.3 is 26.6 Å². The van der Waals surface area contributed by atoms with E-state index in [2.05, 4.69) is 173 Å². The Labute approximate surface area is 378 Å². The van der Waals surface area contributed by atoms with Crippen molar-refractivity contribution in [2.45, 2.75) is 187 Å². The third-order valence-corrected chi connectivity index (χ3v) is 6.00. The van der Waals surface area contributed by atoms with Crippen molar-refractivity contribution >= 4 is 46.3 Å². The SMILES string of the molecule is CC.CC(C)(C)C.CC(C)(C)Nc1ncncn1.CC(C)(C)n1ccnn1.CCC.CCC(=S)NC(C)(C)C.CNC(=S)CCNC(=O)CNC(C)(C)C.Cn1ccnn1. The van der Waals surface area contributed by atoms with E-state index < -0.39 is 0 Å². The van der Waals surface area contributed by atoms with E-state index in [-0.39, 0.29) is 28.1 Å². The molecule has 0 bridgehead atoms. The Morgan fingerprint density at radius 2 is 1.18 bits per heavy atom. The van der Waals surface area contributed by atoms with Crippen LogP contribution >= 0.6 is 24.4 Å². The maximum absolute atomic E-state index is 11.3. The lowest BCUT2D eigenvalue weighted by molar-refractivity contribution is -0.120. The van der Waals surface area contributed by atoms with Crippen LogP contribution in [0.25, 0.3) is 0 Å². The van der Waals surface area contributed by atoms with Crippen LogP contribution in [-0.2, 0) is 17.4 Å². The number of hydrogen-bond donors (Lipinski definition) is 5. The van der Waals surface area contributed by atoms with Crippen LogP contribution < -0.4 is 26.6 Å². The largest absolute Gasteiger partial charge is 0.383 e. The Hall–Kier alpha value is -3.70. The van der Waals surface area contributed by atoms with Gasteiger partial charge in [-0.05, 0) is 94.9 Å². The Morgan fingerprint density at radius 1 is 0.717 bits per heavy atom. The van der Waals surface area contributed by atoms with Gasteiger partial charge in [-0.25, -0.2) is 19.6 Å². The zero-order valence-electron chi connectivity index (χ0n) is 42.2. The van der Waals surface area contributed by atoms with Gasteiger partial charge in [-0.2, -0.15) is 0 Å². The van der Waals surface area contributed by atoms with E-state index in [1.165, 1.54) is 19.1 Å². The summed E-state index contributed by atoms with van der Waals surface area (Å²) in [5, 5.41) is 29.8. The number of aryl methyl sites for hydroxylation is 1. The molecule has 3 rings (SSSR count). The average molecular weight is 883 g/mol. The molecule has 3 heterocycles. The first kappa shape index (κ1) is 65.4. The molecule has 5 N–H and O–H groups in total. The topological polar surface area (TPSA) is 177 Å². The Balaban J connectivity index is -0.000000203. The Morgan fingerprint density at radius 3 is 1.45 bits per heavy atom. The molecule has 15 nitrogen and oxygen atoms in total. The first-order valence-corrected chi connectivity index (χ1v) is 21.7. The minimum Gasteiger partial charge on any atom is -0.383 e. The van der Waals surface area contributed by atoms with Crippen LogP contribution in [0, 0.1) is 5.41 Å². The van der Waals surface area contributed by atoms with Gasteiger partial charge in [0, 0.05) is 56.1 Å². The van der Waals surface area contributed by atoms with Gasteiger partial charge in [0.1, 0.15) is 12.7 Å².